The van der Waals surface area contributed by atoms with Crippen LogP contribution in [0.25, 0.3) is 0 Å². The zero-order chi connectivity index (χ0) is 23.4. The van der Waals surface area contributed by atoms with Gasteiger partial charge in [-0.1, -0.05) is 26.0 Å². The molecule has 0 aromatic heterocycles. The van der Waals surface area contributed by atoms with Gasteiger partial charge in [0.05, 0.1) is 11.6 Å². The molecule has 0 spiro atoms. The number of carbonyl (C=O) groups is 3. The van der Waals surface area contributed by atoms with E-state index in [2.05, 4.69) is 30.1 Å². The summed E-state index contributed by atoms with van der Waals surface area (Å²) >= 11 is 0. The molecule has 2 bridgehead atoms. The van der Waals surface area contributed by atoms with Gasteiger partial charge >= 0.3 is 0 Å². The molecule has 2 saturated carbocycles. The van der Waals surface area contributed by atoms with Crippen LogP contribution >= 0.6 is 0 Å². The van der Waals surface area contributed by atoms with Gasteiger partial charge < -0.3 is 10.4 Å². The molecular formula is C27H38N2O4. The largest absolute Gasteiger partial charge is 0.387 e. The smallest absolute Gasteiger partial charge is 0.220 e. The first-order valence-electron chi connectivity index (χ1n) is 12.9. The minimum absolute atomic E-state index is 0.00129. The minimum atomic E-state index is -1.11. The van der Waals surface area contributed by atoms with E-state index in [-0.39, 0.29) is 36.4 Å². The van der Waals surface area contributed by atoms with E-state index in [9.17, 15) is 19.5 Å². The Labute approximate surface area is 196 Å². The first kappa shape index (κ1) is 23.0. The summed E-state index contributed by atoms with van der Waals surface area (Å²) in [5.41, 5.74) is 0.361. The predicted molar refractivity (Wildman–Crippen MR) is 125 cm³/mol. The maximum absolute atomic E-state index is 13.4. The molecule has 180 valence electrons. The summed E-state index contributed by atoms with van der Waals surface area (Å²) in [5, 5.41) is 15.5. The van der Waals surface area contributed by atoms with Crippen LogP contribution in [0.2, 0.25) is 0 Å². The summed E-state index contributed by atoms with van der Waals surface area (Å²) in [7, 11) is 0. The molecule has 1 heterocycles. The number of Topliss-reactive ketones (excluding diaryl/α,β-unsaturated/α-hetero) is 2. The molecule has 2 N–H and O–H groups in total. The van der Waals surface area contributed by atoms with Gasteiger partial charge in [-0.25, -0.2) is 0 Å². The van der Waals surface area contributed by atoms with Crippen molar-refractivity contribution in [2.24, 2.45) is 17.3 Å². The number of nitrogens with one attached hydrogen (secondary N) is 1. The van der Waals surface area contributed by atoms with E-state index in [1.54, 1.807) is 0 Å². The second-order valence-electron chi connectivity index (χ2n) is 11.6. The van der Waals surface area contributed by atoms with Gasteiger partial charge in [-0.15, -0.1) is 0 Å². The first-order valence-corrected chi connectivity index (χ1v) is 12.9. The lowest BCUT2D eigenvalue weighted by molar-refractivity contribution is -0.193. The van der Waals surface area contributed by atoms with Crippen LogP contribution in [0, 0.1) is 17.3 Å². The summed E-state index contributed by atoms with van der Waals surface area (Å²) < 4.78 is 0. The molecule has 5 rings (SSSR count). The molecule has 33 heavy (non-hydrogen) atoms. The number of amides is 1. The van der Waals surface area contributed by atoms with Gasteiger partial charge in [-0.2, -0.15) is 0 Å². The average Bonchev–Trinajstić information content (AvgIpc) is 3.57. The lowest BCUT2D eigenvalue weighted by atomic mass is 9.48. The Morgan fingerprint density at radius 3 is 2.82 bits per heavy atom. The van der Waals surface area contributed by atoms with Crippen LogP contribution in [0.1, 0.15) is 78.1 Å². The zero-order valence-electron chi connectivity index (χ0n) is 20.1. The van der Waals surface area contributed by atoms with Crippen molar-refractivity contribution in [2.75, 3.05) is 13.1 Å². The monoisotopic (exact) mass is 454 g/mol. The predicted octanol–water partition coefficient (Wildman–Crippen LogP) is 3.09. The van der Waals surface area contributed by atoms with Crippen molar-refractivity contribution in [2.45, 2.75) is 95.7 Å². The standard InChI is InChI=1S/C27H38N2O4/c1-17(2)6-9-25(32)28-22-14-27(33)24-12-19-4-3-5-20(30)13-21(19)26(27,15-23(22)31)10-11-29(24)16-18-7-8-18/h3-4,17-18,22,24,33H,5-16H2,1-2H3,(H,28,32). The first-order chi connectivity index (χ1) is 15.7. The summed E-state index contributed by atoms with van der Waals surface area (Å²) in [6, 6.07) is -0.725. The van der Waals surface area contributed by atoms with Crippen LogP contribution < -0.4 is 5.32 Å². The third-order valence-corrected chi connectivity index (χ3v) is 8.92. The molecular weight excluding hydrogens is 416 g/mol. The fourth-order valence-corrected chi connectivity index (χ4v) is 6.92. The number of hydrogen-bond donors (Lipinski definition) is 2. The highest BCUT2D eigenvalue weighted by molar-refractivity contribution is 5.92. The maximum Gasteiger partial charge on any atom is 0.220 e. The molecule has 4 unspecified atom stereocenters. The third-order valence-electron chi connectivity index (χ3n) is 8.92. The molecule has 1 saturated heterocycles. The Bertz CT molecular complexity index is 917. The van der Waals surface area contributed by atoms with Gasteiger partial charge in [-0.3, -0.25) is 19.3 Å². The van der Waals surface area contributed by atoms with Crippen LogP contribution in [0.5, 0.6) is 0 Å². The van der Waals surface area contributed by atoms with E-state index in [1.807, 2.05) is 6.08 Å². The van der Waals surface area contributed by atoms with E-state index in [4.69, 9.17) is 0 Å². The molecule has 6 nitrogen and oxygen atoms in total. The molecule has 3 fully saturated rings. The Kier molecular flexibility index (Phi) is 5.89. The molecule has 0 radical (unpaired) electrons. The number of aliphatic hydroxyl groups is 1. The van der Waals surface area contributed by atoms with Gasteiger partial charge in [0.15, 0.2) is 5.78 Å². The lowest BCUT2D eigenvalue weighted by Crippen LogP contribution is -2.74. The number of likely N-dealkylation sites (tertiary alicyclic amines) is 1. The molecule has 1 aliphatic heterocycles. The van der Waals surface area contributed by atoms with Gasteiger partial charge in [0, 0.05) is 50.1 Å². The van der Waals surface area contributed by atoms with Crippen molar-refractivity contribution >= 4 is 17.5 Å². The Balaban J connectivity index is 1.48. The SMILES string of the molecule is CC(C)CCC(=O)NC1CC2(O)C3CC4=C(CC(=O)CC=C4)C2(CCN3CC2CC2)CC1=O. The van der Waals surface area contributed by atoms with E-state index in [1.165, 1.54) is 12.8 Å². The molecule has 0 aromatic carbocycles. The van der Waals surface area contributed by atoms with E-state index in [0.29, 0.717) is 43.9 Å². The van der Waals surface area contributed by atoms with E-state index >= 15 is 0 Å². The Morgan fingerprint density at radius 2 is 2.09 bits per heavy atom. The van der Waals surface area contributed by atoms with Crippen molar-refractivity contribution in [3.05, 3.63) is 23.3 Å². The Morgan fingerprint density at radius 1 is 1.30 bits per heavy atom. The second kappa shape index (κ2) is 8.46. The lowest BCUT2D eigenvalue weighted by Gasteiger charge is -2.64. The number of allylic oxidation sites excluding steroid dienone is 2. The number of carbonyl (C=O) groups excluding carboxylic acids is 3. The Hall–Kier alpha value is -1.79. The number of ketones is 2. The summed E-state index contributed by atoms with van der Waals surface area (Å²) in [6.07, 6.45) is 10.4. The highest BCUT2D eigenvalue weighted by Crippen LogP contribution is 2.61. The zero-order valence-corrected chi connectivity index (χ0v) is 20.1. The summed E-state index contributed by atoms with van der Waals surface area (Å²) in [5.74, 6) is 1.18. The van der Waals surface area contributed by atoms with Crippen LogP contribution in [-0.2, 0) is 14.4 Å². The maximum atomic E-state index is 13.4. The highest BCUT2D eigenvalue weighted by Gasteiger charge is 2.67. The number of rotatable bonds is 6. The highest BCUT2D eigenvalue weighted by atomic mass is 16.3. The van der Waals surface area contributed by atoms with Gasteiger partial charge in [-0.05, 0) is 61.6 Å². The van der Waals surface area contributed by atoms with E-state index < -0.39 is 17.1 Å². The molecule has 5 aliphatic rings. The van der Waals surface area contributed by atoms with Crippen LogP contribution in [0.3, 0.4) is 0 Å². The summed E-state index contributed by atoms with van der Waals surface area (Å²) in [4.78, 5) is 41.0. The van der Waals surface area contributed by atoms with Gasteiger partial charge in [0.25, 0.3) is 0 Å². The number of nitrogens with zero attached hydrogens (tertiary/aromatic N) is 1. The van der Waals surface area contributed by atoms with Crippen LogP contribution in [0.15, 0.2) is 23.3 Å². The number of piperidine rings is 1. The van der Waals surface area contributed by atoms with E-state index in [0.717, 1.165) is 30.7 Å². The van der Waals surface area contributed by atoms with Crippen molar-refractivity contribution < 1.29 is 19.5 Å². The van der Waals surface area contributed by atoms with Gasteiger partial charge in [0.2, 0.25) is 5.91 Å². The fourth-order valence-electron chi connectivity index (χ4n) is 6.92. The summed E-state index contributed by atoms with van der Waals surface area (Å²) in [6.45, 7) is 6.01. The van der Waals surface area contributed by atoms with Gasteiger partial charge in [0.1, 0.15) is 5.78 Å². The topological polar surface area (TPSA) is 86.7 Å². The van der Waals surface area contributed by atoms with Crippen LogP contribution in [-0.4, -0.2) is 58.3 Å². The fraction of sp³-hybridized carbons (Fsp3) is 0.741. The minimum Gasteiger partial charge on any atom is -0.387 e. The second-order valence-corrected chi connectivity index (χ2v) is 11.6. The molecule has 4 aliphatic carbocycles. The quantitative estimate of drug-likeness (QED) is 0.644. The molecule has 4 atom stereocenters. The molecule has 0 aromatic rings. The number of hydrogen-bond acceptors (Lipinski definition) is 5. The van der Waals surface area contributed by atoms with Crippen molar-refractivity contribution in [3.63, 3.8) is 0 Å². The van der Waals surface area contributed by atoms with Crippen molar-refractivity contribution in [3.8, 4) is 0 Å². The van der Waals surface area contributed by atoms with Crippen molar-refractivity contribution in [1.82, 2.24) is 10.2 Å². The van der Waals surface area contributed by atoms with Crippen molar-refractivity contribution in [1.29, 1.82) is 0 Å². The average molecular weight is 455 g/mol. The normalized spacial score (nSPS) is 36.5. The molecule has 1 amide bonds. The van der Waals surface area contributed by atoms with Crippen LogP contribution in [0.4, 0.5) is 0 Å². The molecule has 6 heteroatoms. The third kappa shape index (κ3) is 4.03.